The van der Waals surface area contributed by atoms with Crippen molar-refractivity contribution in [3.8, 4) is 5.75 Å². The maximum Gasteiger partial charge on any atom is 0.156 e. The van der Waals surface area contributed by atoms with Gasteiger partial charge in [-0.05, 0) is 24.3 Å². The number of nitrogens with zero attached hydrogens (tertiary/aromatic N) is 3. The molecule has 6 heteroatoms. The molecular weight excluding hydrogens is 288 g/mol. The van der Waals surface area contributed by atoms with Crippen molar-refractivity contribution in [1.29, 1.82) is 0 Å². The minimum Gasteiger partial charge on any atom is -0.487 e. The fourth-order valence-electron chi connectivity index (χ4n) is 2.52. The molecule has 1 aliphatic rings. The van der Waals surface area contributed by atoms with Crippen molar-refractivity contribution in [1.82, 2.24) is 15.0 Å². The van der Waals surface area contributed by atoms with E-state index >= 15 is 0 Å². The van der Waals surface area contributed by atoms with E-state index in [-0.39, 0.29) is 6.10 Å². The number of aromatic nitrogens is 3. The molecule has 0 atom stereocenters. The normalized spacial score (nSPS) is 15.2. The van der Waals surface area contributed by atoms with Crippen LogP contribution in [0.15, 0.2) is 42.9 Å². The van der Waals surface area contributed by atoms with Crippen LogP contribution in [0.5, 0.6) is 5.75 Å². The fraction of sp³-hybridized carbons (Fsp3) is 0.200. The zero-order valence-electron chi connectivity index (χ0n) is 11.2. The number of ether oxygens (including phenoxy) is 1. The first-order chi connectivity index (χ1) is 10.3. The summed E-state index contributed by atoms with van der Waals surface area (Å²) in [6.45, 7) is 1.61. The Balaban J connectivity index is 1.46. The summed E-state index contributed by atoms with van der Waals surface area (Å²) in [5.41, 5.74) is 1.90. The molecule has 0 saturated carbocycles. The first-order valence-electron chi connectivity index (χ1n) is 6.75. The van der Waals surface area contributed by atoms with Crippen LogP contribution in [-0.4, -0.2) is 34.1 Å². The minimum atomic E-state index is 0.156. The number of aromatic amines is 1. The van der Waals surface area contributed by atoms with Crippen LogP contribution < -0.4 is 9.64 Å². The van der Waals surface area contributed by atoms with Crippen LogP contribution in [0.4, 0.5) is 5.82 Å². The lowest BCUT2D eigenvalue weighted by molar-refractivity contribution is 0.167. The summed E-state index contributed by atoms with van der Waals surface area (Å²) >= 11 is 5.96. The van der Waals surface area contributed by atoms with Crippen LogP contribution in [0.25, 0.3) is 11.0 Å². The van der Waals surface area contributed by atoms with Gasteiger partial charge in [0.25, 0.3) is 0 Å². The number of benzene rings is 1. The van der Waals surface area contributed by atoms with Crippen molar-refractivity contribution in [2.24, 2.45) is 0 Å². The second-order valence-electron chi connectivity index (χ2n) is 5.04. The largest absolute Gasteiger partial charge is 0.487 e. The summed E-state index contributed by atoms with van der Waals surface area (Å²) in [6.07, 6.45) is 3.63. The van der Waals surface area contributed by atoms with Crippen LogP contribution in [0.3, 0.4) is 0 Å². The van der Waals surface area contributed by atoms with Crippen LogP contribution in [-0.2, 0) is 0 Å². The lowest BCUT2D eigenvalue weighted by Gasteiger charge is -2.39. The number of H-pyrrole nitrogens is 1. The number of halogens is 1. The Morgan fingerprint density at radius 2 is 2.14 bits per heavy atom. The molecule has 0 aliphatic carbocycles. The molecule has 4 rings (SSSR count). The molecule has 5 nitrogen and oxygen atoms in total. The third kappa shape index (κ3) is 2.29. The molecule has 0 spiro atoms. The first kappa shape index (κ1) is 12.5. The van der Waals surface area contributed by atoms with E-state index < -0.39 is 0 Å². The fourth-order valence-corrected chi connectivity index (χ4v) is 2.70. The van der Waals surface area contributed by atoms with Gasteiger partial charge in [-0.3, -0.25) is 0 Å². The molecule has 1 aliphatic heterocycles. The minimum absolute atomic E-state index is 0.156. The van der Waals surface area contributed by atoms with E-state index in [9.17, 15) is 0 Å². The molecule has 3 heterocycles. The van der Waals surface area contributed by atoms with Gasteiger partial charge >= 0.3 is 0 Å². The van der Waals surface area contributed by atoms with E-state index in [4.69, 9.17) is 16.3 Å². The quantitative estimate of drug-likeness (QED) is 0.808. The van der Waals surface area contributed by atoms with Gasteiger partial charge < -0.3 is 14.6 Å². The molecule has 1 aromatic carbocycles. The molecule has 21 heavy (non-hydrogen) atoms. The van der Waals surface area contributed by atoms with Gasteiger partial charge in [0.1, 0.15) is 23.7 Å². The number of hydrogen-bond donors (Lipinski definition) is 1. The zero-order valence-corrected chi connectivity index (χ0v) is 11.9. The second-order valence-corrected chi connectivity index (χ2v) is 5.47. The topological polar surface area (TPSA) is 54.0 Å². The molecule has 0 bridgehead atoms. The Hall–Kier alpha value is -2.27. The number of hydrogen-bond acceptors (Lipinski definition) is 4. The molecule has 1 N–H and O–H groups in total. The van der Waals surface area contributed by atoms with Crippen molar-refractivity contribution in [2.75, 3.05) is 18.0 Å². The summed E-state index contributed by atoms with van der Waals surface area (Å²) < 4.78 is 5.90. The second kappa shape index (κ2) is 4.93. The number of nitrogens with one attached hydrogen (secondary N) is 1. The Kier molecular flexibility index (Phi) is 2.93. The molecule has 3 aromatic rings. The van der Waals surface area contributed by atoms with Crippen molar-refractivity contribution >= 4 is 28.5 Å². The lowest BCUT2D eigenvalue weighted by atomic mass is 10.1. The van der Waals surface area contributed by atoms with Crippen LogP contribution in [0.1, 0.15) is 0 Å². The van der Waals surface area contributed by atoms with Gasteiger partial charge in [-0.2, -0.15) is 0 Å². The molecule has 1 fully saturated rings. The van der Waals surface area contributed by atoms with E-state index in [0.717, 1.165) is 35.7 Å². The Labute approximate surface area is 126 Å². The first-order valence-corrected chi connectivity index (χ1v) is 7.12. The Morgan fingerprint density at radius 1 is 1.24 bits per heavy atom. The monoisotopic (exact) mass is 300 g/mol. The van der Waals surface area contributed by atoms with Crippen molar-refractivity contribution in [3.05, 3.63) is 47.9 Å². The maximum absolute atomic E-state index is 5.96. The molecule has 1 saturated heterocycles. The summed E-state index contributed by atoms with van der Waals surface area (Å²) in [4.78, 5) is 13.9. The molecular formula is C15H13ClN4O. The predicted molar refractivity (Wildman–Crippen MR) is 82.0 cm³/mol. The van der Waals surface area contributed by atoms with E-state index in [1.54, 1.807) is 6.33 Å². The van der Waals surface area contributed by atoms with Gasteiger partial charge in [-0.15, -0.1) is 0 Å². The van der Waals surface area contributed by atoms with E-state index in [2.05, 4.69) is 19.9 Å². The number of fused-ring (bicyclic) bond motifs is 1. The highest BCUT2D eigenvalue weighted by molar-refractivity contribution is 6.30. The maximum atomic E-state index is 5.96. The highest BCUT2D eigenvalue weighted by atomic mass is 35.5. The number of anilines is 1. The lowest BCUT2D eigenvalue weighted by Crippen LogP contribution is -2.54. The van der Waals surface area contributed by atoms with Crippen LogP contribution in [0.2, 0.25) is 5.02 Å². The van der Waals surface area contributed by atoms with E-state index in [1.165, 1.54) is 0 Å². The van der Waals surface area contributed by atoms with Gasteiger partial charge in [-0.1, -0.05) is 17.7 Å². The number of rotatable bonds is 3. The Morgan fingerprint density at radius 3 is 3.00 bits per heavy atom. The SMILES string of the molecule is Clc1cccc(OC2CN(c3ncnc4cc[nH]c34)C2)c1. The van der Waals surface area contributed by atoms with Gasteiger partial charge in [0, 0.05) is 11.2 Å². The molecule has 0 amide bonds. The third-order valence-corrected chi connectivity index (χ3v) is 3.81. The summed E-state index contributed by atoms with van der Waals surface area (Å²) in [6, 6.07) is 9.42. The van der Waals surface area contributed by atoms with Gasteiger partial charge in [0.2, 0.25) is 0 Å². The van der Waals surface area contributed by atoms with Crippen molar-refractivity contribution < 1.29 is 4.74 Å². The van der Waals surface area contributed by atoms with E-state index in [0.29, 0.717) is 5.02 Å². The van der Waals surface area contributed by atoms with Crippen LogP contribution in [0, 0.1) is 0 Å². The highest BCUT2D eigenvalue weighted by Crippen LogP contribution is 2.27. The molecule has 2 aromatic heterocycles. The molecule has 0 radical (unpaired) electrons. The van der Waals surface area contributed by atoms with Gasteiger partial charge in [0.15, 0.2) is 5.82 Å². The Bertz CT molecular complexity index is 782. The molecule has 106 valence electrons. The van der Waals surface area contributed by atoms with Crippen molar-refractivity contribution in [3.63, 3.8) is 0 Å². The van der Waals surface area contributed by atoms with Gasteiger partial charge in [0.05, 0.1) is 18.6 Å². The van der Waals surface area contributed by atoms with Crippen molar-refractivity contribution in [2.45, 2.75) is 6.10 Å². The average molecular weight is 301 g/mol. The van der Waals surface area contributed by atoms with Crippen LogP contribution >= 0.6 is 11.6 Å². The summed E-state index contributed by atoms with van der Waals surface area (Å²) in [7, 11) is 0. The highest BCUT2D eigenvalue weighted by Gasteiger charge is 2.31. The smallest absolute Gasteiger partial charge is 0.156 e. The third-order valence-electron chi connectivity index (χ3n) is 3.57. The average Bonchev–Trinajstić information content (AvgIpc) is 2.91. The summed E-state index contributed by atoms with van der Waals surface area (Å²) in [5, 5.41) is 0.688. The standard InChI is InChI=1S/C15H13ClN4O/c16-10-2-1-3-11(6-10)21-12-7-20(8-12)15-14-13(4-5-17-14)18-9-19-15/h1-6,9,12,17H,7-8H2. The zero-order chi connectivity index (χ0) is 14.2. The van der Waals surface area contributed by atoms with Gasteiger partial charge in [-0.25, -0.2) is 9.97 Å². The van der Waals surface area contributed by atoms with E-state index in [1.807, 2.05) is 36.5 Å². The summed E-state index contributed by atoms with van der Waals surface area (Å²) in [5.74, 6) is 1.73. The predicted octanol–water partition coefficient (Wildman–Crippen LogP) is 2.88. The molecule has 0 unspecified atom stereocenters.